The van der Waals surface area contributed by atoms with Gasteiger partial charge >= 0.3 is 0 Å². The number of carbonyl (C=O) groups excluding carboxylic acids is 1. The first kappa shape index (κ1) is 11.6. The first-order valence-corrected chi connectivity index (χ1v) is 5.51. The summed E-state index contributed by atoms with van der Waals surface area (Å²) in [6.07, 6.45) is 2.04. The summed E-state index contributed by atoms with van der Waals surface area (Å²) in [5.74, 6) is -0.0866. The van der Waals surface area contributed by atoms with Crippen LogP contribution in [-0.2, 0) is 9.63 Å². The van der Waals surface area contributed by atoms with E-state index in [1.165, 1.54) is 12.0 Å². The Bertz CT molecular complexity index is 462. The van der Waals surface area contributed by atoms with Crippen LogP contribution in [-0.4, -0.2) is 24.1 Å². The SMILES string of the molecule is C=C1CON(C(C)=O)C/C1=C/c1ccccc1. The van der Waals surface area contributed by atoms with E-state index in [-0.39, 0.29) is 5.91 Å². The van der Waals surface area contributed by atoms with Gasteiger partial charge in [0.2, 0.25) is 5.91 Å². The van der Waals surface area contributed by atoms with E-state index in [2.05, 4.69) is 6.58 Å². The second kappa shape index (κ2) is 4.97. The quantitative estimate of drug-likeness (QED) is 0.740. The maximum Gasteiger partial charge on any atom is 0.243 e. The van der Waals surface area contributed by atoms with E-state index in [0.717, 1.165) is 16.7 Å². The van der Waals surface area contributed by atoms with Crippen LogP contribution in [0.5, 0.6) is 0 Å². The zero-order chi connectivity index (χ0) is 12.3. The lowest BCUT2D eigenvalue weighted by Gasteiger charge is -2.28. The summed E-state index contributed by atoms with van der Waals surface area (Å²) in [7, 11) is 0. The number of hydrogen-bond donors (Lipinski definition) is 0. The van der Waals surface area contributed by atoms with Crippen molar-refractivity contribution in [3.05, 3.63) is 53.6 Å². The molecule has 88 valence electrons. The number of hydroxylamine groups is 2. The van der Waals surface area contributed by atoms with E-state index in [9.17, 15) is 4.79 Å². The number of hydrogen-bond acceptors (Lipinski definition) is 2. The number of carbonyl (C=O) groups is 1. The smallest absolute Gasteiger partial charge is 0.243 e. The largest absolute Gasteiger partial charge is 0.273 e. The molecule has 1 aromatic carbocycles. The molecule has 3 heteroatoms. The summed E-state index contributed by atoms with van der Waals surface area (Å²) in [5.41, 5.74) is 3.07. The van der Waals surface area contributed by atoms with Crippen LogP contribution in [0.3, 0.4) is 0 Å². The fourth-order valence-electron chi connectivity index (χ4n) is 1.66. The zero-order valence-corrected chi connectivity index (χ0v) is 9.85. The van der Waals surface area contributed by atoms with E-state index < -0.39 is 0 Å². The minimum absolute atomic E-state index is 0.0866. The third-order valence-electron chi connectivity index (χ3n) is 2.65. The van der Waals surface area contributed by atoms with Crippen molar-refractivity contribution in [2.45, 2.75) is 6.92 Å². The van der Waals surface area contributed by atoms with Gasteiger partial charge in [-0.3, -0.25) is 9.63 Å². The summed E-state index contributed by atoms with van der Waals surface area (Å²) in [6.45, 7) is 6.28. The molecule has 1 heterocycles. The molecule has 0 saturated carbocycles. The molecule has 1 aliphatic heterocycles. The molecule has 0 atom stereocenters. The van der Waals surface area contributed by atoms with E-state index in [0.29, 0.717) is 13.2 Å². The lowest BCUT2D eigenvalue weighted by atomic mass is 10.0. The summed E-state index contributed by atoms with van der Waals surface area (Å²) < 4.78 is 0. The van der Waals surface area contributed by atoms with Crippen LogP contribution in [0.2, 0.25) is 0 Å². The molecule has 1 fully saturated rings. The normalized spacial score (nSPS) is 18.5. The highest BCUT2D eigenvalue weighted by molar-refractivity contribution is 5.73. The van der Waals surface area contributed by atoms with Crippen molar-refractivity contribution >= 4 is 12.0 Å². The van der Waals surface area contributed by atoms with Gasteiger partial charge in [-0.15, -0.1) is 0 Å². The van der Waals surface area contributed by atoms with Gasteiger partial charge in [0.05, 0.1) is 13.2 Å². The molecule has 0 spiro atoms. The van der Waals surface area contributed by atoms with E-state index in [1.807, 2.05) is 36.4 Å². The fourth-order valence-corrected chi connectivity index (χ4v) is 1.66. The van der Waals surface area contributed by atoms with Crippen LogP contribution in [0.1, 0.15) is 12.5 Å². The molecule has 0 radical (unpaired) electrons. The Morgan fingerprint density at radius 3 is 2.76 bits per heavy atom. The molecular formula is C14H15NO2. The Balaban J connectivity index is 2.21. The molecule has 0 bridgehead atoms. The summed E-state index contributed by atoms with van der Waals surface area (Å²) in [5, 5.41) is 1.36. The molecule has 17 heavy (non-hydrogen) atoms. The average molecular weight is 229 g/mol. The molecule has 1 amide bonds. The Kier molecular flexibility index (Phi) is 3.40. The van der Waals surface area contributed by atoms with Crippen molar-refractivity contribution in [2.75, 3.05) is 13.2 Å². The zero-order valence-electron chi connectivity index (χ0n) is 9.85. The van der Waals surface area contributed by atoms with Crippen LogP contribution >= 0.6 is 0 Å². The van der Waals surface area contributed by atoms with Gasteiger partial charge in [0.25, 0.3) is 0 Å². The maximum absolute atomic E-state index is 11.2. The topological polar surface area (TPSA) is 29.5 Å². The first-order chi connectivity index (χ1) is 8.16. The number of amides is 1. The summed E-state index contributed by atoms with van der Waals surface area (Å²) >= 11 is 0. The van der Waals surface area contributed by atoms with Gasteiger partial charge < -0.3 is 0 Å². The molecule has 0 aromatic heterocycles. The number of nitrogens with zero attached hydrogens (tertiary/aromatic N) is 1. The monoisotopic (exact) mass is 229 g/mol. The number of benzene rings is 1. The van der Waals surface area contributed by atoms with Crippen molar-refractivity contribution in [1.82, 2.24) is 5.06 Å². The predicted molar refractivity (Wildman–Crippen MR) is 66.9 cm³/mol. The van der Waals surface area contributed by atoms with Gasteiger partial charge in [-0.1, -0.05) is 36.9 Å². The van der Waals surface area contributed by atoms with Crippen LogP contribution in [0.25, 0.3) is 6.08 Å². The van der Waals surface area contributed by atoms with Gasteiger partial charge in [-0.05, 0) is 22.8 Å². The van der Waals surface area contributed by atoms with Crippen LogP contribution < -0.4 is 0 Å². The fraction of sp³-hybridized carbons (Fsp3) is 0.214. The predicted octanol–water partition coefficient (Wildman–Crippen LogP) is 2.42. The van der Waals surface area contributed by atoms with Crippen LogP contribution in [0.15, 0.2) is 48.1 Å². The molecule has 0 unspecified atom stereocenters. The molecule has 1 saturated heterocycles. The molecule has 0 aliphatic carbocycles. The van der Waals surface area contributed by atoms with Crippen molar-refractivity contribution < 1.29 is 9.63 Å². The van der Waals surface area contributed by atoms with Crippen molar-refractivity contribution in [3.8, 4) is 0 Å². The molecule has 2 rings (SSSR count). The highest BCUT2D eigenvalue weighted by atomic mass is 16.7. The van der Waals surface area contributed by atoms with Gasteiger partial charge in [-0.25, -0.2) is 5.06 Å². The second-order valence-corrected chi connectivity index (χ2v) is 4.01. The molecular weight excluding hydrogens is 214 g/mol. The van der Waals surface area contributed by atoms with Gasteiger partial charge in [0.1, 0.15) is 0 Å². The molecule has 3 nitrogen and oxygen atoms in total. The third-order valence-corrected chi connectivity index (χ3v) is 2.65. The Morgan fingerprint density at radius 1 is 1.41 bits per heavy atom. The van der Waals surface area contributed by atoms with Crippen LogP contribution in [0, 0.1) is 0 Å². The summed E-state index contributed by atoms with van der Waals surface area (Å²) in [6, 6.07) is 9.98. The van der Waals surface area contributed by atoms with Crippen molar-refractivity contribution in [3.63, 3.8) is 0 Å². The standard InChI is InChI=1S/C14H15NO2/c1-11-10-17-15(12(2)16)9-14(11)8-13-6-4-3-5-7-13/h3-8H,1,9-10H2,2H3/b14-8-. The van der Waals surface area contributed by atoms with E-state index in [1.54, 1.807) is 0 Å². The second-order valence-electron chi connectivity index (χ2n) is 4.01. The van der Waals surface area contributed by atoms with Crippen LogP contribution in [0.4, 0.5) is 0 Å². The highest BCUT2D eigenvalue weighted by Gasteiger charge is 2.19. The van der Waals surface area contributed by atoms with Gasteiger partial charge in [0, 0.05) is 6.92 Å². The Morgan fingerprint density at radius 2 is 2.12 bits per heavy atom. The number of rotatable bonds is 1. The lowest BCUT2D eigenvalue weighted by Crippen LogP contribution is -2.36. The molecule has 0 N–H and O–H groups in total. The van der Waals surface area contributed by atoms with Crippen molar-refractivity contribution in [2.24, 2.45) is 0 Å². The average Bonchev–Trinajstić information content (AvgIpc) is 2.33. The summed E-state index contributed by atoms with van der Waals surface area (Å²) in [4.78, 5) is 16.5. The van der Waals surface area contributed by atoms with Crippen molar-refractivity contribution in [1.29, 1.82) is 0 Å². The third kappa shape index (κ3) is 2.82. The van der Waals surface area contributed by atoms with E-state index >= 15 is 0 Å². The molecule has 1 aromatic rings. The van der Waals surface area contributed by atoms with Gasteiger partial charge in [0.15, 0.2) is 0 Å². The van der Waals surface area contributed by atoms with Gasteiger partial charge in [-0.2, -0.15) is 0 Å². The Labute approximate surface area is 101 Å². The highest BCUT2D eigenvalue weighted by Crippen LogP contribution is 2.20. The minimum Gasteiger partial charge on any atom is -0.273 e. The maximum atomic E-state index is 11.2. The Hall–Kier alpha value is -1.87. The first-order valence-electron chi connectivity index (χ1n) is 5.51. The lowest BCUT2D eigenvalue weighted by molar-refractivity contribution is -0.181. The van der Waals surface area contributed by atoms with E-state index in [4.69, 9.17) is 4.84 Å². The molecule has 1 aliphatic rings. The minimum atomic E-state index is -0.0866.